The van der Waals surface area contributed by atoms with Crippen molar-refractivity contribution in [2.75, 3.05) is 57.3 Å². The minimum Gasteiger partial charge on any atom is -0.477 e. The van der Waals surface area contributed by atoms with Crippen LogP contribution in [0.5, 0.6) is 11.9 Å². The number of piperazine rings is 1. The van der Waals surface area contributed by atoms with E-state index in [0.717, 1.165) is 25.0 Å². The van der Waals surface area contributed by atoms with Gasteiger partial charge in [-0.3, -0.25) is 0 Å². The minimum absolute atomic E-state index is 0.00925. The van der Waals surface area contributed by atoms with E-state index in [1.165, 1.54) is 0 Å². The molecule has 3 aromatic rings. The molecule has 15 heteroatoms. The maximum atomic E-state index is 16.6. The summed E-state index contributed by atoms with van der Waals surface area (Å²) < 4.78 is 82.0. The molecule has 0 spiro atoms. The summed E-state index contributed by atoms with van der Waals surface area (Å²) in [6, 6.07) is 2.21. The third kappa shape index (κ3) is 4.88. The maximum Gasteiger partial charge on any atom is 0.418 e. The lowest BCUT2D eigenvalue weighted by Crippen LogP contribution is -2.59. The average molecular weight is 625 g/mol. The van der Waals surface area contributed by atoms with E-state index in [4.69, 9.17) is 41.3 Å². The van der Waals surface area contributed by atoms with Crippen molar-refractivity contribution in [3.8, 4) is 23.1 Å². The SMILES string of the molecule is COCC1(COc2nc3c4c(nc(-c5cc(N)cc(Cl)c5C(F)(F)F)c(F)c4n2)OCC[C@@H]2[C@@H]4CC[C@H](CN32)N4)COC1. The number of methoxy groups -OCH3 is 1. The number of ether oxygens (including phenoxy) is 4. The van der Waals surface area contributed by atoms with Crippen LogP contribution in [-0.4, -0.2) is 79.8 Å². The lowest BCUT2D eigenvalue weighted by atomic mass is 9.88. The molecule has 0 saturated carbocycles. The van der Waals surface area contributed by atoms with Crippen molar-refractivity contribution in [2.45, 2.75) is 43.6 Å². The van der Waals surface area contributed by atoms with E-state index in [1.807, 2.05) is 0 Å². The summed E-state index contributed by atoms with van der Waals surface area (Å²) >= 11 is 6.00. The number of fused-ring (bicyclic) bond motifs is 5. The largest absolute Gasteiger partial charge is 0.477 e. The number of anilines is 2. The quantitative estimate of drug-likeness (QED) is 0.305. The van der Waals surface area contributed by atoms with E-state index in [2.05, 4.69) is 20.2 Å². The third-order valence-corrected chi connectivity index (χ3v) is 8.92. The molecule has 0 unspecified atom stereocenters. The number of hydrogen-bond acceptors (Lipinski definition) is 10. The van der Waals surface area contributed by atoms with E-state index < -0.39 is 39.3 Å². The Balaban J connectivity index is 1.44. The summed E-state index contributed by atoms with van der Waals surface area (Å²) in [4.78, 5) is 15.5. The second-order valence-electron chi connectivity index (χ2n) is 11.7. The van der Waals surface area contributed by atoms with Gasteiger partial charge in [0.2, 0.25) is 5.88 Å². The Morgan fingerprint density at radius 2 is 1.98 bits per heavy atom. The van der Waals surface area contributed by atoms with Gasteiger partial charge < -0.3 is 34.9 Å². The number of hydrogen-bond donors (Lipinski definition) is 2. The van der Waals surface area contributed by atoms with Gasteiger partial charge in [0, 0.05) is 49.5 Å². The summed E-state index contributed by atoms with van der Waals surface area (Å²) in [5.41, 5.74) is 2.56. The van der Waals surface area contributed by atoms with Gasteiger partial charge in [0.15, 0.2) is 5.82 Å². The number of nitrogens with one attached hydrogen (secondary N) is 1. The molecular formula is C28H29ClF4N6O4. The third-order valence-electron chi connectivity index (χ3n) is 8.62. The normalized spacial score (nSPS) is 24.1. The van der Waals surface area contributed by atoms with Crippen LogP contribution in [0.1, 0.15) is 24.8 Å². The first-order chi connectivity index (χ1) is 20.6. The molecule has 10 nitrogen and oxygen atoms in total. The van der Waals surface area contributed by atoms with Gasteiger partial charge in [0.25, 0.3) is 0 Å². The highest BCUT2D eigenvalue weighted by Crippen LogP contribution is 2.47. The molecule has 3 fully saturated rings. The first-order valence-corrected chi connectivity index (χ1v) is 14.4. The summed E-state index contributed by atoms with van der Waals surface area (Å²) in [6.07, 6.45) is -2.39. The van der Waals surface area contributed by atoms with Gasteiger partial charge in [0.1, 0.15) is 29.0 Å². The molecule has 2 aromatic heterocycles. The first-order valence-electron chi connectivity index (χ1n) is 14.0. The number of alkyl halides is 3. The molecule has 0 aliphatic carbocycles. The Bertz CT molecular complexity index is 1590. The summed E-state index contributed by atoms with van der Waals surface area (Å²) in [5.74, 6) is -0.813. The zero-order valence-corrected chi connectivity index (χ0v) is 23.9. The van der Waals surface area contributed by atoms with Crippen LogP contribution >= 0.6 is 11.6 Å². The van der Waals surface area contributed by atoms with Gasteiger partial charge in [0.05, 0.1) is 42.4 Å². The van der Waals surface area contributed by atoms with Gasteiger partial charge >= 0.3 is 12.2 Å². The molecule has 3 saturated heterocycles. The fourth-order valence-corrected chi connectivity index (χ4v) is 6.98. The van der Waals surface area contributed by atoms with Crippen LogP contribution in [0.25, 0.3) is 22.2 Å². The van der Waals surface area contributed by atoms with Crippen LogP contribution < -0.4 is 25.4 Å². The van der Waals surface area contributed by atoms with Gasteiger partial charge in [-0.2, -0.15) is 23.1 Å². The minimum atomic E-state index is -4.92. The van der Waals surface area contributed by atoms with Crippen LogP contribution in [0.2, 0.25) is 5.02 Å². The molecule has 43 heavy (non-hydrogen) atoms. The number of pyridine rings is 1. The molecule has 6 heterocycles. The number of halogens is 5. The van der Waals surface area contributed by atoms with Crippen molar-refractivity contribution in [2.24, 2.45) is 5.41 Å². The molecule has 4 aliphatic heterocycles. The highest BCUT2D eigenvalue weighted by Gasteiger charge is 2.44. The summed E-state index contributed by atoms with van der Waals surface area (Å²) in [7, 11) is 1.57. The zero-order valence-electron chi connectivity index (χ0n) is 23.1. The number of benzene rings is 1. The van der Waals surface area contributed by atoms with Crippen LogP contribution in [0, 0.1) is 11.2 Å². The Hall–Kier alpha value is -3.20. The number of nitrogen functional groups attached to an aromatic ring is 1. The van der Waals surface area contributed by atoms with Gasteiger partial charge in [-0.15, -0.1) is 0 Å². The van der Waals surface area contributed by atoms with E-state index >= 15 is 4.39 Å². The molecule has 0 amide bonds. The fourth-order valence-electron chi connectivity index (χ4n) is 6.65. The predicted molar refractivity (Wildman–Crippen MR) is 149 cm³/mol. The number of nitrogens with two attached hydrogens (primary N) is 1. The predicted octanol–water partition coefficient (Wildman–Crippen LogP) is 4.22. The van der Waals surface area contributed by atoms with E-state index in [-0.39, 0.29) is 59.8 Å². The van der Waals surface area contributed by atoms with Gasteiger partial charge in [-0.1, -0.05) is 11.6 Å². The number of aromatic nitrogens is 3. The molecule has 3 N–H and O–H groups in total. The van der Waals surface area contributed by atoms with Crippen LogP contribution in [0.15, 0.2) is 12.1 Å². The van der Waals surface area contributed by atoms with Crippen molar-refractivity contribution in [1.82, 2.24) is 20.3 Å². The van der Waals surface area contributed by atoms with Crippen molar-refractivity contribution < 1.29 is 36.5 Å². The topological polar surface area (TPSA) is 117 Å². The second kappa shape index (κ2) is 10.5. The second-order valence-corrected chi connectivity index (χ2v) is 12.1. The van der Waals surface area contributed by atoms with Crippen molar-refractivity contribution in [3.05, 3.63) is 28.5 Å². The smallest absolute Gasteiger partial charge is 0.418 e. The van der Waals surface area contributed by atoms with Crippen molar-refractivity contribution in [1.29, 1.82) is 0 Å². The maximum absolute atomic E-state index is 16.6. The first kappa shape index (κ1) is 28.6. The lowest BCUT2D eigenvalue weighted by molar-refractivity contribution is -0.159. The van der Waals surface area contributed by atoms with Gasteiger partial charge in [-0.05, 0) is 25.0 Å². The molecule has 2 bridgehead atoms. The molecule has 230 valence electrons. The van der Waals surface area contributed by atoms with Crippen molar-refractivity contribution >= 4 is 34.0 Å². The molecular weight excluding hydrogens is 596 g/mol. The molecule has 4 aliphatic rings. The number of rotatable bonds is 6. The highest BCUT2D eigenvalue weighted by molar-refractivity contribution is 6.32. The fraction of sp³-hybridized carbons (Fsp3) is 0.536. The number of nitrogens with zero attached hydrogens (tertiary/aromatic N) is 4. The zero-order chi connectivity index (χ0) is 30.1. The van der Waals surface area contributed by atoms with Gasteiger partial charge in [-0.25, -0.2) is 9.37 Å². The van der Waals surface area contributed by atoms with E-state index in [9.17, 15) is 13.2 Å². The Morgan fingerprint density at radius 1 is 1.16 bits per heavy atom. The monoisotopic (exact) mass is 624 g/mol. The molecule has 3 atom stereocenters. The molecule has 7 rings (SSSR count). The van der Waals surface area contributed by atoms with Crippen LogP contribution in [-0.2, 0) is 15.7 Å². The summed E-state index contributed by atoms with van der Waals surface area (Å²) in [5, 5.41) is 3.13. The Labute approximate surface area is 248 Å². The standard InChI is InChI=1S/C28H29ClF4N6O4/c1-40-9-27(10-41-11-27)12-43-26-37-23-19-24(38-26)39-8-14-2-3-17(35-14)18(39)4-5-42-25(19)36-22(21(23)30)15-6-13(34)7-16(29)20(15)28(31,32)33/h6-7,14,17-18,35H,2-5,8-12,34H2,1H3/t14-,17+,18-/m1/s1. The van der Waals surface area contributed by atoms with Crippen molar-refractivity contribution in [3.63, 3.8) is 0 Å². The highest BCUT2D eigenvalue weighted by atomic mass is 35.5. The van der Waals surface area contributed by atoms with E-state index in [1.54, 1.807) is 7.11 Å². The molecule has 1 aromatic carbocycles. The summed E-state index contributed by atoms with van der Waals surface area (Å²) in [6.45, 7) is 2.11. The average Bonchev–Trinajstić information content (AvgIpc) is 3.31. The van der Waals surface area contributed by atoms with Crippen LogP contribution in [0.3, 0.4) is 0 Å². The van der Waals surface area contributed by atoms with Crippen LogP contribution in [0.4, 0.5) is 29.1 Å². The van der Waals surface area contributed by atoms with E-state index in [0.29, 0.717) is 38.6 Å². The Morgan fingerprint density at radius 3 is 2.70 bits per heavy atom. The Kier molecular flexibility index (Phi) is 6.95. The lowest BCUT2D eigenvalue weighted by Gasteiger charge is -2.43. The molecule has 0 radical (unpaired) electrons.